The van der Waals surface area contributed by atoms with Crippen molar-refractivity contribution >= 4 is 11.6 Å². The van der Waals surface area contributed by atoms with Crippen molar-refractivity contribution in [2.75, 3.05) is 5.32 Å². The van der Waals surface area contributed by atoms with Crippen LogP contribution in [0.5, 0.6) is 5.75 Å². The highest BCUT2D eigenvalue weighted by molar-refractivity contribution is 6.04. The molecule has 21 heavy (non-hydrogen) atoms. The van der Waals surface area contributed by atoms with Gasteiger partial charge in [0.05, 0.1) is 6.10 Å². The van der Waals surface area contributed by atoms with Crippen LogP contribution in [0.15, 0.2) is 48.5 Å². The number of hydrogen-bond acceptors (Lipinski definition) is 2. The van der Waals surface area contributed by atoms with Crippen molar-refractivity contribution < 1.29 is 9.53 Å². The summed E-state index contributed by atoms with van der Waals surface area (Å²) in [6.45, 7) is 6.03. The van der Waals surface area contributed by atoms with E-state index in [9.17, 15) is 4.79 Å². The van der Waals surface area contributed by atoms with Gasteiger partial charge in [-0.25, -0.2) is 0 Å². The molecule has 0 bridgehead atoms. The van der Waals surface area contributed by atoms with Gasteiger partial charge in [0.1, 0.15) is 5.75 Å². The summed E-state index contributed by atoms with van der Waals surface area (Å²) >= 11 is 0. The number of ether oxygens (including phenoxy) is 1. The van der Waals surface area contributed by atoms with E-state index in [1.807, 2.05) is 50.2 Å². The van der Waals surface area contributed by atoms with Crippen LogP contribution in [0.1, 0.15) is 36.7 Å². The second-order valence-corrected chi connectivity index (χ2v) is 5.20. The van der Waals surface area contributed by atoms with Gasteiger partial charge >= 0.3 is 0 Å². The molecule has 0 aromatic heterocycles. The Bertz CT molecular complexity index is 603. The maximum atomic E-state index is 12.2. The van der Waals surface area contributed by atoms with E-state index in [0.717, 1.165) is 12.1 Å². The Balaban J connectivity index is 2.08. The van der Waals surface area contributed by atoms with E-state index in [1.54, 1.807) is 12.1 Å². The Kier molecular flexibility index (Phi) is 4.99. The van der Waals surface area contributed by atoms with Gasteiger partial charge < -0.3 is 10.1 Å². The lowest BCUT2D eigenvalue weighted by molar-refractivity contribution is 0.102. The average Bonchev–Trinajstić information content (AvgIpc) is 2.47. The van der Waals surface area contributed by atoms with Crippen LogP contribution in [-0.2, 0) is 6.42 Å². The van der Waals surface area contributed by atoms with Crippen molar-refractivity contribution in [3.05, 3.63) is 59.7 Å². The number of carbonyl (C=O) groups is 1. The van der Waals surface area contributed by atoms with Crippen LogP contribution in [0.4, 0.5) is 5.69 Å². The molecule has 0 radical (unpaired) electrons. The van der Waals surface area contributed by atoms with E-state index < -0.39 is 0 Å². The molecule has 3 heteroatoms. The summed E-state index contributed by atoms with van der Waals surface area (Å²) in [5, 5.41) is 2.90. The molecule has 1 amide bonds. The molecule has 0 aliphatic heterocycles. The third kappa shape index (κ3) is 4.35. The predicted octanol–water partition coefficient (Wildman–Crippen LogP) is 4.29. The fraction of sp³-hybridized carbons (Fsp3) is 0.278. The minimum absolute atomic E-state index is 0.0879. The van der Waals surface area contributed by atoms with Crippen LogP contribution in [0.25, 0.3) is 0 Å². The first-order valence-corrected chi connectivity index (χ1v) is 7.25. The Labute approximate surface area is 126 Å². The lowest BCUT2D eigenvalue weighted by Crippen LogP contribution is -2.12. The van der Waals surface area contributed by atoms with Gasteiger partial charge in [0.2, 0.25) is 0 Å². The summed E-state index contributed by atoms with van der Waals surface area (Å²) in [5.41, 5.74) is 2.64. The van der Waals surface area contributed by atoms with E-state index in [2.05, 4.69) is 12.2 Å². The minimum Gasteiger partial charge on any atom is -0.491 e. The summed E-state index contributed by atoms with van der Waals surface area (Å²) in [6, 6.07) is 15.1. The van der Waals surface area contributed by atoms with Crippen molar-refractivity contribution in [3.8, 4) is 5.75 Å². The number of benzene rings is 2. The third-order valence-electron chi connectivity index (χ3n) is 3.09. The van der Waals surface area contributed by atoms with E-state index in [1.165, 1.54) is 5.56 Å². The summed E-state index contributed by atoms with van der Waals surface area (Å²) in [5.74, 6) is 0.576. The molecule has 2 aromatic carbocycles. The molecule has 0 saturated heterocycles. The van der Waals surface area contributed by atoms with E-state index in [-0.39, 0.29) is 12.0 Å². The number of carbonyl (C=O) groups excluding carboxylic acids is 1. The van der Waals surface area contributed by atoms with Crippen LogP contribution >= 0.6 is 0 Å². The molecule has 0 aliphatic rings. The van der Waals surface area contributed by atoms with Gasteiger partial charge in [-0.2, -0.15) is 0 Å². The van der Waals surface area contributed by atoms with Crippen molar-refractivity contribution in [2.45, 2.75) is 33.3 Å². The Morgan fingerprint density at radius 1 is 1.14 bits per heavy atom. The quantitative estimate of drug-likeness (QED) is 0.889. The highest BCUT2D eigenvalue weighted by Crippen LogP contribution is 2.17. The maximum absolute atomic E-state index is 12.2. The van der Waals surface area contributed by atoms with Crippen molar-refractivity contribution in [3.63, 3.8) is 0 Å². The monoisotopic (exact) mass is 283 g/mol. The number of amides is 1. The first-order chi connectivity index (χ1) is 10.1. The molecule has 0 spiro atoms. The molecule has 110 valence electrons. The Hall–Kier alpha value is -2.29. The van der Waals surface area contributed by atoms with Crippen LogP contribution in [-0.4, -0.2) is 12.0 Å². The van der Waals surface area contributed by atoms with Crippen LogP contribution < -0.4 is 10.1 Å². The molecular weight excluding hydrogens is 262 g/mol. The SMILES string of the molecule is CCc1ccc(NC(=O)c2cccc(OC(C)C)c2)cc1. The normalized spacial score (nSPS) is 10.5. The van der Waals surface area contributed by atoms with Gasteiger partial charge in [0.15, 0.2) is 0 Å². The number of aryl methyl sites for hydroxylation is 1. The molecule has 1 N–H and O–H groups in total. The molecule has 0 aliphatic carbocycles. The Morgan fingerprint density at radius 3 is 2.48 bits per heavy atom. The highest BCUT2D eigenvalue weighted by Gasteiger charge is 2.08. The summed E-state index contributed by atoms with van der Waals surface area (Å²) in [6.07, 6.45) is 1.08. The lowest BCUT2D eigenvalue weighted by Gasteiger charge is -2.11. The fourth-order valence-electron chi connectivity index (χ4n) is 2.01. The first kappa shape index (κ1) is 15.1. The molecule has 0 heterocycles. The van der Waals surface area contributed by atoms with Gasteiger partial charge in [-0.3, -0.25) is 4.79 Å². The van der Waals surface area contributed by atoms with Crippen LogP contribution in [0.3, 0.4) is 0 Å². The van der Waals surface area contributed by atoms with Crippen molar-refractivity contribution in [1.29, 1.82) is 0 Å². The number of nitrogens with one attached hydrogen (secondary N) is 1. The standard InChI is InChI=1S/C18H21NO2/c1-4-14-8-10-16(11-9-14)19-18(20)15-6-5-7-17(12-15)21-13(2)3/h5-13H,4H2,1-3H3,(H,19,20). The molecule has 0 atom stereocenters. The van der Waals surface area contributed by atoms with E-state index in [4.69, 9.17) is 4.74 Å². The van der Waals surface area contributed by atoms with Crippen molar-refractivity contribution in [1.82, 2.24) is 0 Å². The predicted molar refractivity (Wildman–Crippen MR) is 86.0 cm³/mol. The van der Waals surface area contributed by atoms with Gasteiger partial charge in [0, 0.05) is 11.3 Å². The molecule has 2 rings (SSSR count). The topological polar surface area (TPSA) is 38.3 Å². The van der Waals surface area contributed by atoms with Gasteiger partial charge in [-0.15, -0.1) is 0 Å². The zero-order chi connectivity index (χ0) is 15.2. The summed E-state index contributed by atoms with van der Waals surface area (Å²) < 4.78 is 5.61. The average molecular weight is 283 g/mol. The molecule has 0 saturated carbocycles. The Morgan fingerprint density at radius 2 is 1.86 bits per heavy atom. The zero-order valence-corrected chi connectivity index (χ0v) is 12.7. The first-order valence-electron chi connectivity index (χ1n) is 7.25. The number of hydrogen-bond donors (Lipinski definition) is 1. The maximum Gasteiger partial charge on any atom is 0.255 e. The lowest BCUT2D eigenvalue weighted by atomic mass is 10.1. The molecule has 0 fully saturated rings. The zero-order valence-electron chi connectivity index (χ0n) is 12.7. The molecular formula is C18H21NO2. The van der Waals surface area contributed by atoms with Gasteiger partial charge in [-0.05, 0) is 56.2 Å². The summed E-state index contributed by atoms with van der Waals surface area (Å²) in [7, 11) is 0. The fourth-order valence-corrected chi connectivity index (χ4v) is 2.01. The number of anilines is 1. The van der Waals surface area contributed by atoms with Crippen LogP contribution in [0.2, 0.25) is 0 Å². The minimum atomic E-state index is -0.131. The molecule has 2 aromatic rings. The van der Waals surface area contributed by atoms with Gasteiger partial charge in [-0.1, -0.05) is 25.1 Å². The molecule has 3 nitrogen and oxygen atoms in total. The van der Waals surface area contributed by atoms with Crippen LogP contribution in [0, 0.1) is 0 Å². The van der Waals surface area contributed by atoms with Gasteiger partial charge in [0.25, 0.3) is 5.91 Å². The second kappa shape index (κ2) is 6.93. The number of rotatable bonds is 5. The third-order valence-corrected chi connectivity index (χ3v) is 3.09. The largest absolute Gasteiger partial charge is 0.491 e. The second-order valence-electron chi connectivity index (χ2n) is 5.20. The van der Waals surface area contributed by atoms with E-state index in [0.29, 0.717) is 11.3 Å². The smallest absolute Gasteiger partial charge is 0.255 e. The van der Waals surface area contributed by atoms with Crippen molar-refractivity contribution in [2.24, 2.45) is 0 Å². The molecule has 0 unspecified atom stereocenters. The summed E-state index contributed by atoms with van der Waals surface area (Å²) in [4.78, 5) is 12.2. The van der Waals surface area contributed by atoms with E-state index >= 15 is 0 Å². The highest BCUT2D eigenvalue weighted by atomic mass is 16.5.